The van der Waals surface area contributed by atoms with Gasteiger partial charge in [-0.25, -0.2) is 4.98 Å². The molecule has 0 saturated carbocycles. The van der Waals surface area contributed by atoms with Crippen LogP contribution in [0.3, 0.4) is 0 Å². The van der Waals surface area contributed by atoms with Crippen molar-refractivity contribution in [2.24, 2.45) is 0 Å². The Morgan fingerprint density at radius 3 is 2.75 bits per heavy atom. The highest BCUT2D eigenvalue weighted by atomic mass is 35.5. The molecule has 1 saturated heterocycles. The van der Waals surface area contributed by atoms with Gasteiger partial charge in [-0.15, -0.1) is 11.3 Å². The standard InChI is InChI=1S/C7H9ClN2S2/c8-7-9-6(5-12-7)10-1-3-11-4-2-10/h5H,1-4H2. The van der Waals surface area contributed by atoms with Crippen molar-refractivity contribution < 1.29 is 0 Å². The summed E-state index contributed by atoms with van der Waals surface area (Å²) >= 11 is 9.26. The van der Waals surface area contributed by atoms with Crippen LogP contribution in [0.15, 0.2) is 5.38 Å². The summed E-state index contributed by atoms with van der Waals surface area (Å²) in [6, 6.07) is 0. The van der Waals surface area contributed by atoms with Gasteiger partial charge in [0.2, 0.25) is 0 Å². The van der Waals surface area contributed by atoms with Crippen LogP contribution in [0.4, 0.5) is 5.82 Å². The lowest BCUT2D eigenvalue weighted by Crippen LogP contribution is -2.32. The van der Waals surface area contributed by atoms with Crippen molar-refractivity contribution in [3.63, 3.8) is 0 Å². The van der Waals surface area contributed by atoms with Crippen molar-refractivity contribution in [1.29, 1.82) is 0 Å². The van der Waals surface area contributed by atoms with Crippen molar-refractivity contribution >= 4 is 40.5 Å². The topological polar surface area (TPSA) is 16.1 Å². The van der Waals surface area contributed by atoms with Gasteiger partial charge in [0.05, 0.1) is 0 Å². The van der Waals surface area contributed by atoms with Crippen LogP contribution in [0.2, 0.25) is 4.47 Å². The van der Waals surface area contributed by atoms with Crippen molar-refractivity contribution in [2.75, 3.05) is 29.5 Å². The summed E-state index contributed by atoms with van der Waals surface area (Å²) in [5, 5.41) is 2.03. The number of thioether (sulfide) groups is 1. The molecule has 1 fully saturated rings. The Morgan fingerprint density at radius 2 is 2.17 bits per heavy atom. The molecule has 2 heterocycles. The third-order valence-corrected chi connectivity index (χ3v) is 3.71. The molecule has 12 heavy (non-hydrogen) atoms. The van der Waals surface area contributed by atoms with Crippen molar-refractivity contribution in [3.05, 3.63) is 9.85 Å². The maximum atomic E-state index is 5.76. The second kappa shape index (κ2) is 3.85. The maximum absolute atomic E-state index is 5.76. The first kappa shape index (κ1) is 8.66. The number of hydrogen-bond acceptors (Lipinski definition) is 4. The van der Waals surface area contributed by atoms with Gasteiger partial charge in [-0.2, -0.15) is 11.8 Å². The minimum Gasteiger partial charge on any atom is -0.354 e. The van der Waals surface area contributed by atoms with Gasteiger partial charge in [-0.1, -0.05) is 11.6 Å². The smallest absolute Gasteiger partial charge is 0.185 e. The predicted molar refractivity (Wildman–Crippen MR) is 56.7 cm³/mol. The number of anilines is 1. The lowest BCUT2D eigenvalue weighted by Gasteiger charge is -2.25. The Hall–Kier alpha value is 0.0700. The van der Waals surface area contributed by atoms with Crippen LogP contribution in [0.5, 0.6) is 0 Å². The molecule has 2 nitrogen and oxygen atoms in total. The minimum atomic E-state index is 0.642. The molecule has 0 amide bonds. The highest BCUT2D eigenvalue weighted by Gasteiger charge is 2.13. The Kier molecular flexibility index (Phi) is 2.78. The number of halogens is 1. The number of rotatable bonds is 1. The lowest BCUT2D eigenvalue weighted by molar-refractivity contribution is 0.844. The molecule has 66 valence electrons. The van der Waals surface area contributed by atoms with Gasteiger partial charge in [-0.3, -0.25) is 0 Å². The Bertz CT molecular complexity index is 258. The fraction of sp³-hybridized carbons (Fsp3) is 0.571. The molecule has 1 aliphatic rings. The minimum absolute atomic E-state index is 0.642. The monoisotopic (exact) mass is 220 g/mol. The van der Waals surface area contributed by atoms with Crippen molar-refractivity contribution in [3.8, 4) is 0 Å². The summed E-state index contributed by atoms with van der Waals surface area (Å²) < 4.78 is 0.642. The molecule has 0 N–H and O–H groups in total. The summed E-state index contributed by atoms with van der Waals surface area (Å²) in [5.41, 5.74) is 0. The van der Waals surface area contributed by atoms with E-state index in [-0.39, 0.29) is 0 Å². The van der Waals surface area contributed by atoms with E-state index in [9.17, 15) is 0 Å². The van der Waals surface area contributed by atoms with Crippen molar-refractivity contribution in [2.45, 2.75) is 0 Å². The molecule has 0 bridgehead atoms. The molecule has 2 rings (SSSR count). The summed E-state index contributed by atoms with van der Waals surface area (Å²) in [6.45, 7) is 2.20. The Labute approximate surface area is 84.9 Å². The molecule has 1 aromatic heterocycles. The van der Waals surface area contributed by atoms with Crippen LogP contribution in [-0.4, -0.2) is 29.6 Å². The SMILES string of the molecule is Clc1nc(N2CCSCC2)cs1. The predicted octanol–water partition coefficient (Wildman–Crippen LogP) is 2.35. The first-order valence-corrected chi connectivity index (χ1v) is 6.21. The molecule has 0 atom stereocenters. The first-order valence-electron chi connectivity index (χ1n) is 3.80. The third-order valence-electron chi connectivity index (χ3n) is 1.80. The van der Waals surface area contributed by atoms with E-state index in [1.807, 2.05) is 17.1 Å². The summed E-state index contributed by atoms with van der Waals surface area (Å²) in [4.78, 5) is 6.53. The highest BCUT2D eigenvalue weighted by molar-refractivity contribution is 7.99. The second-order valence-electron chi connectivity index (χ2n) is 2.56. The molecule has 1 aliphatic heterocycles. The molecule has 1 aromatic rings. The maximum Gasteiger partial charge on any atom is 0.185 e. The number of hydrogen-bond donors (Lipinski definition) is 0. The summed E-state index contributed by atoms with van der Waals surface area (Å²) in [6.07, 6.45) is 0. The average Bonchev–Trinajstić information content (AvgIpc) is 2.54. The van der Waals surface area contributed by atoms with Gasteiger partial charge >= 0.3 is 0 Å². The summed E-state index contributed by atoms with van der Waals surface area (Å²) in [7, 11) is 0. The van der Waals surface area contributed by atoms with Crippen LogP contribution >= 0.6 is 34.7 Å². The number of aromatic nitrogens is 1. The molecule has 0 aromatic carbocycles. The number of thiazole rings is 1. The van der Waals surface area contributed by atoms with Crippen LogP contribution in [0.25, 0.3) is 0 Å². The van der Waals surface area contributed by atoms with Gasteiger partial charge in [0.15, 0.2) is 4.47 Å². The van der Waals surface area contributed by atoms with E-state index in [0.717, 1.165) is 18.9 Å². The van der Waals surface area contributed by atoms with Gasteiger partial charge in [-0.05, 0) is 0 Å². The van der Waals surface area contributed by atoms with Crippen molar-refractivity contribution in [1.82, 2.24) is 4.98 Å². The highest BCUT2D eigenvalue weighted by Crippen LogP contribution is 2.24. The molecule has 5 heteroatoms. The fourth-order valence-corrected chi connectivity index (χ4v) is 2.86. The normalized spacial score (nSPS) is 18.2. The van der Waals surface area contributed by atoms with Crippen LogP contribution in [0, 0.1) is 0 Å². The van der Waals surface area contributed by atoms with E-state index in [1.54, 1.807) is 0 Å². The van der Waals surface area contributed by atoms with Crippen LogP contribution in [0.1, 0.15) is 0 Å². The van der Waals surface area contributed by atoms with Gasteiger partial charge in [0.25, 0.3) is 0 Å². The largest absolute Gasteiger partial charge is 0.354 e. The van der Waals surface area contributed by atoms with Crippen LogP contribution in [-0.2, 0) is 0 Å². The third kappa shape index (κ3) is 1.87. The summed E-state index contributed by atoms with van der Waals surface area (Å²) in [5.74, 6) is 3.45. The Balaban J connectivity index is 2.08. The van der Waals surface area contributed by atoms with E-state index in [4.69, 9.17) is 11.6 Å². The molecule has 0 radical (unpaired) electrons. The zero-order chi connectivity index (χ0) is 8.39. The molecule has 0 spiro atoms. The van der Waals surface area contributed by atoms with E-state index in [2.05, 4.69) is 9.88 Å². The average molecular weight is 221 g/mol. The first-order chi connectivity index (χ1) is 5.86. The van der Waals surface area contributed by atoms with E-state index in [1.165, 1.54) is 22.8 Å². The van der Waals surface area contributed by atoms with Crippen LogP contribution < -0.4 is 4.90 Å². The second-order valence-corrected chi connectivity index (χ2v) is 5.22. The fourth-order valence-electron chi connectivity index (χ4n) is 1.18. The zero-order valence-corrected chi connectivity index (χ0v) is 8.88. The lowest BCUT2D eigenvalue weighted by atomic mass is 10.5. The molecular weight excluding hydrogens is 212 g/mol. The van der Waals surface area contributed by atoms with E-state index < -0.39 is 0 Å². The quantitative estimate of drug-likeness (QED) is 0.723. The van der Waals surface area contributed by atoms with Gasteiger partial charge in [0, 0.05) is 30.0 Å². The number of nitrogens with zero attached hydrogens (tertiary/aromatic N) is 2. The molecule has 0 unspecified atom stereocenters. The molecular formula is C7H9ClN2S2. The van der Waals surface area contributed by atoms with Gasteiger partial charge in [0.1, 0.15) is 5.82 Å². The van der Waals surface area contributed by atoms with E-state index in [0.29, 0.717) is 4.47 Å². The van der Waals surface area contributed by atoms with Gasteiger partial charge < -0.3 is 4.90 Å². The Morgan fingerprint density at radius 1 is 1.42 bits per heavy atom. The molecule has 0 aliphatic carbocycles. The van der Waals surface area contributed by atoms with E-state index >= 15 is 0 Å². The zero-order valence-electron chi connectivity index (χ0n) is 6.49.